The topological polar surface area (TPSA) is 98.0 Å². The molecule has 0 radical (unpaired) electrons. The monoisotopic (exact) mass is 568 g/mol. The Hall–Kier alpha value is -4.47. The van der Waals surface area contributed by atoms with E-state index in [1.165, 1.54) is 0 Å². The molecular formula is C33H32N2O7. The van der Waals surface area contributed by atoms with Crippen molar-refractivity contribution in [3.8, 4) is 11.5 Å². The lowest BCUT2D eigenvalue weighted by atomic mass is 10.0. The quantitative estimate of drug-likeness (QED) is 0.308. The summed E-state index contributed by atoms with van der Waals surface area (Å²) in [5.41, 5.74) is 7.37. The van der Waals surface area contributed by atoms with Gasteiger partial charge in [-0.1, -0.05) is 12.1 Å². The first-order valence-electron chi connectivity index (χ1n) is 13.8. The largest absolute Gasteiger partial charge is 0.488 e. The molecule has 0 amide bonds. The molecule has 0 bridgehead atoms. The minimum Gasteiger partial charge on any atom is -0.488 e. The second-order valence-electron chi connectivity index (χ2n) is 10.9. The van der Waals surface area contributed by atoms with Gasteiger partial charge in [-0.2, -0.15) is 0 Å². The van der Waals surface area contributed by atoms with E-state index in [9.17, 15) is 14.4 Å². The molecule has 216 valence electrons. The Morgan fingerprint density at radius 1 is 0.714 bits per heavy atom. The Morgan fingerprint density at radius 2 is 1.14 bits per heavy atom. The maximum Gasteiger partial charge on any atom is 0.213 e. The van der Waals surface area contributed by atoms with Gasteiger partial charge in [0.15, 0.2) is 5.78 Å². The summed E-state index contributed by atoms with van der Waals surface area (Å²) in [6.45, 7) is 4.55. The smallest absolute Gasteiger partial charge is 0.213 e. The number of hydrogen-bond acceptors (Lipinski definition) is 7. The van der Waals surface area contributed by atoms with E-state index in [-0.39, 0.29) is 57.0 Å². The number of carbonyl (C=O) groups is 3. The predicted octanol–water partition coefficient (Wildman–Crippen LogP) is 4.53. The average Bonchev–Trinajstić information content (AvgIpc) is 3.34. The Morgan fingerprint density at radius 3 is 1.57 bits per heavy atom. The van der Waals surface area contributed by atoms with Crippen LogP contribution in [0, 0.1) is 13.8 Å². The summed E-state index contributed by atoms with van der Waals surface area (Å²) >= 11 is 0. The molecule has 2 aromatic carbocycles. The van der Waals surface area contributed by atoms with Gasteiger partial charge < -0.3 is 28.1 Å². The number of aryl methyl sites for hydroxylation is 2. The lowest BCUT2D eigenvalue weighted by molar-refractivity contribution is -0.129. The van der Waals surface area contributed by atoms with Crippen molar-refractivity contribution in [1.82, 2.24) is 9.13 Å². The van der Waals surface area contributed by atoms with E-state index in [1.54, 1.807) is 21.3 Å². The van der Waals surface area contributed by atoms with Crippen molar-refractivity contribution < 1.29 is 33.3 Å². The predicted molar refractivity (Wildman–Crippen MR) is 153 cm³/mol. The highest BCUT2D eigenvalue weighted by atomic mass is 16.5. The van der Waals surface area contributed by atoms with Crippen LogP contribution in [0.3, 0.4) is 0 Å². The summed E-state index contributed by atoms with van der Waals surface area (Å²) in [5, 5.41) is 0. The summed E-state index contributed by atoms with van der Waals surface area (Å²) in [6, 6.07) is 14.9. The Kier molecular flexibility index (Phi) is 7.30. The van der Waals surface area contributed by atoms with Gasteiger partial charge >= 0.3 is 0 Å². The van der Waals surface area contributed by atoms with Crippen LogP contribution in [0.15, 0.2) is 48.5 Å². The van der Waals surface area contributed by atoms with Gasteiger partial charge in [0.1, 0.15) is 37.9 Å². The van der Waals surface area contributed by atoms with Gasteiger partial charge in [0, 0.05) is 36.6 Å². The second-order valence-corrected chi connectivity index (χ2v) is 10.9. The van der Waals surface area contributed by atoms with E-state index in [4.69, 9.17) is 18.9 Å². The lowest BCUT2D eigenvalue weighted by Crippen LogP contribution is -2.17. The van der Waals surface area contributed by atoms with Crippen molar-refractivity contribution in [2.45, 2.75) is 40.3 Å². The molecule has 0 unspecified atom stereocenters. The Balaban J connectivity index is 1.03. The molecule has 0 saturated carbocycles. The zero-order valence-corrected chi connectivity index (χ0v) is 24.1. The molecule has 6 rings (SSSR count). The van der Waals surface area contributed by atoms with Crippen molar-refractivity contribution in [3.63, 3.8) is 0 Å². The summed E-state index contributed by atoms with van der Waals surface area (Å²) in [4.78, 5) is 39.0. The van der Waals surface area contributed by atoms with Crippen LogP contribution in [0.5, 0.6) is 11.5 Å². The van der Waals surface area contributed by atoms with Crippen molar-refractivity contribution >= 4 is 17.3 Å². The van der Waals surface area contributed by atoms with Gasteiger partial charge in [-0.05, 0) is 61.4 Å². The fraction of sp³-hybridized carbons (Fsp3) is 0.303. The number of ether oxygens (including phenoxy) is 4. The molecule has 2 aliphatic heterocycles. The number of hydrogen-bond donors (Lipinski definition) is 0. The number of aromatic nitrogens is 2. The molecule has 4 aromatic rings. The third-order valence-electron chi connectivity index (χ3n) is 7.81. The summed E-state index contributed by atoms with van der Waals surface area (Å²) in [6.07, 6.45) is 0. The number of rotatable bonds is 8. The van der Waals surface area contributed by atoms with E-state index in [2.05, 4.69) is 0 Å². The Bertz CT molecular complexity index is 1620. The lowest BCUT2D eigenvalue weighted by Gasteiger charge is -2.10. The van der Waals surface area contributed by atoms with E-state index in [0.717, 1.165) is 33.6 Å². The summed E-state index contributed by atoms with van der Waals surface area (Å²) < 4.78 is 26.8. The first kappa shape index (κ1) is 27.7. The van der Waals surface area contributed by atoms with Crippen LogP contribution in [-0.4, -0.2) is 39.7 Å². The number of fused-ring (bicyclic) bond motifs is 4. The van der Waals surface area contributed by atoms with Crippen molar-refractivity contribution in [1.29, 1.82) is 0 Å². The Labute approximate surface area is 243 Å². The molecule has 2 aromatic heterocycles. The molecule has 0 atom stereocenters. The number of benzene rings is 2. The zero-order valence-electron chi connectivity index (χ0n) is 24.1. The molecule has 2 aliphatic rings. The average molecular weight is 569 g/mol. The molecule has 0 aliphatic carbocycles. The standard InChI is InChI=1S/C33H32N2O7/c1-19-5-7-26-28(9-19)41-13-21-11-23(34(3)30(21)32(26)37)15-39-17-25(36)18-40-16-24-12-22-14-42-29-10-20(2)6-8-27(29)33(38)31(22)35(24)4/h5-12H,13-18H2,1-4H3. The van der Waals surface area contributed by atoms with E-state index >= 15 is 0 Å². The highest BCUT2D eigenvalue weighted by Gasteiger charge is 2.28. The maximum absolute atomic E-state index is 13.2. The van der Waals surface area contributed by atoms with Gasteiger partial charge in [-0.25, -0.2) is 0 Å². The third-order valence-corrected chi connectivity index (χ3v) is 7.81. The second kappa shape index (κ2) is 11.1. The minimum absolute atomic E-state index is 0.0960. The molecule has 42 heavy (non-hydrogen) atoms. The van der Waals surface area contributed by atoms with Crippen LogP contribution in [0.4, 0.5) is 0 Å². The SMILES string of the molecule is Cc1ccc2c(c1)OCc1cc(COCC(=O)COCc3cc4c(n3C)C(=O)c3ccc(C)cc3OC4)n(C)c1C2=O. The van der Waals surface area contributed by atoms with Gasteiger partial charge in [0.05, 0.1) is 35.7 Å². The normalized spacial score (nSPS) is 13.7. The van der Waals surface area contributed by atoms with Crippen molar-refractivity contribution in [2.24, 2.45) is 14.1 Å². The molecule has 9 heteroatoms. The minimum atomic E-state index is -0.214. The highest BCUT2D eigenvalue weighted by Crippen LogP contribution is 2.32. The van der Waals surface area contributed by atoms with Crippen LogP contribution >= 0.6 is 0 Å². The molecule has 9 nitrogen and oxygen atoms in total. The van der Waals surface area contributed by atoms with Gasteiger partial charge in [0.25, 0.3) is 0 Å². The van der Waals surface area contributed by atoms with Crippen LogP contribution in [0.2, 0.25) is 0 Å². The molecular weight excluding hydrogens is 536 g/mol. The van der Waals surface area contributed by atoms with Crippen LogP contribution < -0.4 is 9.47 Å². The number of Topliss-reactive ketones (excluding diaryl/α,β-unsaturated/α-hetero) is 1. The van der Waals surface area contributed by atoms with Crippen molar-refractivity contribution in [3.05, 3.63) is 105 Å². The molecule has 0 spiro atoms. The first-order chi connectivity index (χ1) is 20.2. The van der Waals surface area contributed by atoms with Gasteiger partial charge in [0.2, 0.25) is 11.6 Å². The van der Waals surface area contributed by atoms with Gasteiger partial charge in [-0.15, -0.1) is 0 Å². The molecule has 0 fully saturated rings. The molecule has 0 N–H and O–H groups in total. The molecule has 4 heterocycles. The molecule has 0 saturated heterocycles. The van der Waals surface area contributed by atoms with Gasteiger partial charge in [-0.3, -0.25) is 14.4 Å². The van der Waals surface area contributed by atoms with E-state index in [1.807, 2.05) is 64.3 Å². The van der Waals surface area contributed by atoms with Crippen LogP contribution in [-0.2, 0) is 54.8 Å². The highest BCUT2D eigenvalue weighted by molar-refractivity contribution is 6.12. The van der Waals surface area contributed by atoms with Crippen LogP contribution in [0.25, 0.3) is 0 Å². The maximum atomic E-state index is 13.2. The van der Waals surface area contributed by atoms with E-state index < -0.39 is 0 Å². The third kappa shape index (κ3) is 5.06. The number of carbonyl (C=O) groups excluding carboxylic acids is 3. The fourth-order valence-electron chi connectivity index (χ4n) is 5.56. The van der Waals surface area contributed by atoms with Crippen molar-refractivity contribution in [2.75, 3.05) is 13.2 Å². The number of ketones is 3. The summed E-state index contributed by atoms with van der Waals surface area (Å²) in [7, 11) is 3.63. The first-order valence-corrected chi connectivity index (χ1v) is 13.8. The van der Waals surface area contributed by atoms with E-state index in [0.29, 0.717) is 34.0 Å². The zero-order chi connectivity index (χ0) is 29.5. The summed E-state index contributed by atoms with van der Waals surface area (Å²) in [5.74, 6) is 0.772. The fourth-order valence-corrected chi connectivity index (χ4v) is 5.56. The van der Waals surface area contributed by atoms with Crippen LogP contribution in [0.1, 0.15) is 65.7 Å². The number of nitrogens with zero attached hydrogens (tertiary/aromatic N) is 2.